The van der Waals surface area contributed by atoms with Gasteiger partial charge in [-0.2, -0.15) is 0 Å². The number of nitrogens with zero attached hydrogens (tertiary/aromatic N) is 1. The normalized spacial score (nSPS) is 22.5. The van der Waals surface area contributed by atoms with Crippen LogP contribution in [0.3, 0.4) is 0 Å². The fourth-order valence-corrected chi connectivity index (χ4v) is 4.52. The van der Waals surface area contributed by atoms with Gasteiger partial charge in [0.1, 0.15) is 11.5 Å². The van der Waals surface area contributed by atoms with E-state index in [1.165, 1.54) is 0 Å². The lowest BCUT2D eigenvalue weighted by molar-refractivity contribution is -0.134. The minimum absolute atomic E-state index is 0.00778. The van der Waals surface area contributed by atoms with Gasteiger partial charge in [0.25, 0.3) is 0 Å². The van der Waals surface area contributed by atoms with Crippen molar-refractivity contribution in [3.8, 4) is 11.5 Å². The van der Waals surface area contributed by atoms with Crippen LogP contribution in [-0.4, -0.2) is 50.1 Å². The molecule has 1 aromatic rings. The Morgan fingerprint density at radius 2 is 1.82 bits per heavy atom. The van der Waals surface area contributed by atoms with Crippen LogP contribution in [0, 0.1) is 11.8 Å². The Bertz CT molecular complexity index is 712. The van der Waals surface area contributed by atoms with E-state index >= 15 is 0 Å². The number of nitrogens with one attached hydrogen (secondary N) is 1. The molecular weight excluding hydrogens is 356 g/mol. The van der Waals surface area contributed by atoms with Gasteiger partial charge in [0.15, 0.2) is 0 Å². The highest BCUT2D eigenvalue weighted by atomic mass is 16.5. The minimum Gasteiger partial charge on any atom is -0.497 e. The molecule has 1 saturated heterocycles. The summed E-state index contributed by atoms with van der Waals surface area (Å²) in [5.41, 5.74) is 0.924. The van der Waals surface area contributed by atoms with Crippen molar-refractivity contribution in [2.45, 2.75) is 51.5 Å². The molecule has 6 nitrogen and oxygen atoms in total. The Labute approximate surface area is 167 Å². The second-order valence-electron chi connectivity index (χ2n) is 8.21. The van der Waals surface area contributed by atoms with Gasteiger partial charge >= 0.3 is 0 Å². The van der Waals surface area contributed by atoms with Crippen LogP contribution < -0.4 is 14.8 Å². The van der Waals surface area contributed by atoms with Gasteiger partial charge in [0.2, 0.25) is 11.8 Å². The van der Waals surface area contributed by atoms with Crippen molar-refractivity contribution in [1.82, 2.24) is 10.2 Å². The molecular formula is C22H32N2O4. The molecule has 0 radical (unpaired) electrons. The van der Waals surface area contributed by atoms with E-state index in [0.29, 0.717) is 13.1 Å². The molecule has 1 heterocycles. The monoisotopic (exact) mass is 388 g/mol. The molecule has 0 bridgehead atoms. The van der Waals surface area contributed by atoms with Crippen molar-refractivity contribution >= 4 is 11.8 Å². The van der Waals surface area contributed by atoms with Crippen molar-refractivity contribution in [3.63, 3.8) is 0 Å². The van der Waals surface area contributed by atoms with Gasteiger partial charge in [0.05, 0.1) is 20.1 Å². The Kier molecular flexibility index (Phi) is 6.47. The van der Waals surface area contributed by atoms with E-state index < -0.39 is 0 Å². The van der Waals surface area contributed by atoms with Gasteiger partial charge < -0.3 is 19.7 Å². The lowest BCUT2D eigenvalue weighted by Gasteiger charge is -2.22. The Hall–Kier alpha value is -2.24. The smallest absolute Gasteiger partial charge is 0.225 e. The van der Waals surface area contributed by atoms with E-state index in [4.69, 9.17) is 9.47 Å². The zero-order valence-electron chi connectivity index (χ0n) is 17.4. The van der Waals surface area contributed by atoms with Crippen molar-refractivity contribution in [3.05, 3.63) is 23.8 Å². The SMILES string of the molecule is COc1ccc(OC)c([C@H]2CN(C(=O)C3CCCC3)C[C@@H]2C(=O)NC(C)C)c1. The van der Waals surface area contributed by atoms with Crippen LogP contribution in [0.25, 0.3) is 0 Å². The topological polar surface area (TPSA) is 67.9 Å². The van der Waals surface area contributed by atoms with Crippen LogP contribution in [0.2, 0.25) is 0 Å². The van der Waals surface area contributed by atoms with Crippen LogP contribution >= 0.6 is 0 Å². The van der Waals surface area contributed by atoms with E-state index in [2.05, 4.69) is 5.32 Å². The molecule has 1 N–H and O–H groups in total. The van der Waals surface area contributed by atoms with Crippen molar-refractivity contribution < 1.29 is 19.1 Å². The Balaban J connectivity index is 1.91. The first-order valence-electron chi connectivity index (χ1n) is 10.3. The van der Waals surface area contributed by atoms with Gasteiger partial charge in [0, 0.05) is 36.5 Å². The Morgan fingerprint density at radius 3 is 2.43 bits per heavy atom. The first-order chi connectivity index (χ1) is 13.4. The molecule has 1 aromatic carbocycles. The quantitative estimate of drug-likeness (QED) is 0.814. The maximum Gasteiger partial charge on any atom is 0.225 e. The maximum absolute atomic E-state index is 13.0. The number of hydrogen-bond acceptors (Lipinski definition) is 4. The molecule has 1 saturated carbocycles. The van der Waals surface area contributed by atoms with E-state index in [0.717, 1.165) is 42.7 Å². The molecule has 154 valence electrons. The molecule has 0 aromatic heterocycles. The average molecular weight is 389 g/mol. The molecule has 3 rings (SSSR count). The number of carbonyl (C=O) groups excluding carboxylic acids is 2. The molecule has 1 aliphatic heterocycles. The van der Waals surface area contributed by atoms with Crippen LogP contribution in [-0.2, 0) is 9.59 Å². The summed E-state index contributed by atoms with van der Waals surface area (Å²) in [7, 11) is 3.25. The standard InChI is InChI=1S/C22H32N2O4/c1-14(2)23-21(25)19-13-24(22(26)15-7-5-6-8-15)12-18(19)17-11-16(27-3)9-10-20(17)28-4/h9-11,14-15,18-19H,5-8,12-13H2,1-4H3,(H,23,25)/t18-,19+/m1/s1. The number of hydrogen-bond donors (Lipinski definition) is 1. The van der Waals surface area contributed by atoms with Crippen molar-refractivity contribution in [2.75, 3.05) is 27.3 Å². The molecule has 0 spiro atoms. The Morgan fingerprint density at radius 1 is 1.11 bits per heavy atom. The van der Waals surface area contributed by atoms with Gasteiger partial charge in [-0.1, -0.05) is 12.8 Å². The van der Waals surface area contributed by atoms with Gasteiger partial charge in [-0.3, -0.25) is 9.59 Å². The van der Waals surface area contributed by atoms with Gasteiger partial charge in [-0.05, 0) is 44.9 Å². The minimum atomic E-state index is -0.297. The summed E-state index contributed by atoms with van der Waals surface area (Å²) in [6.45, 7) is 4.90. The number of rotatable bonds is 6. The highest BCUT2D eigenvalue weighted by Crippen LogP contribution is 2.40. The molecule has 6 heteroatoms. The zero-order valence-corrected chi connectivity index (χ0v) is 17.4. The summed E-state index contributed by atoms with van der Waals surface area (Å²) < 4.78 is 11.0. The highest BCUT2D eigenvalue weighted by molar-refractivity contribution is 5.84. The second-order valence-corrected chi connectivity index (χ2v) is 8.21. The number of amides is 2. The largest absolute Gasteiger partial charge is 0.497 e. The molecule has 0 unspecified atom stereocenters. The summed E-state index contributed by atoms with van der Waals surface area (Å²) >= 11 is 0. The number of likely N-dealkylation sites (tertiary alicyclic amines) is 1. The molecule has 28 heavy (non-hydrogen) atoms. The number of methoxy groups -OCH3 is 2. The molecule has 2 fully saturated rings. The zero-order chi connectivity index (χ0) is 20.3. The molecule has 2 aliphatic rings. The van der Waals surface area contributed by atoms with E-state index in [9.17, 15) is 9.59 Å². The third-order valence-electron chi connectivity index (χ3n) is 5.94. The van der Waals surface area contributed by atoms with E-state index in [-0.39, 0.29) is 35.6 Å². The number of ether oxygens (including phenoxy) is 2. The second kappa shape index (κ2) is 8.84. The molecule has 1 aliphatic carbocycles. The molecule has 2 atom stereocenters. The summed E-state index contributed by atoms with van der Waals surface area (Å²) in [6, 6.07) is 5.71. The van der Waals surface area contributed by atoms with Crippen LogP contribution in [0.15, 0.2) is 18.2 Å². The first-order valence-corrected chi connectivity index (χ1v) is 10.3. The number of benzene rings is 1. The first kappa shape index (κ1) is 20.5. The van der Waals surface area contributed by atoms with Gasteiger partial charge in [-0.15, -0.1) is 0 Å². The predicted molar refractivity (Wildman–Crippen MR) is 108 cm³/mol. The van der Waals surface area contributed by atoms with Crippen LogP contribution in [0.1, 0.15) is 51.0 Å². The third-order valence-corrected chi connectivity index (χ3v) is 5.94. The predicted octanol–water partition coefficient (Wildman–Crippen LogP) is 2.96. The summed E-state index contributed by atoms with van der Waals surface area (Å²) in [6.07, 6.45) is 4.17. The highest BCUT2D eigenvalue weighted by Gasteiger charge is 2.43. The molecule has 2 amide bonds. The fraction of sp³-hybridized carbons (Fsp3) is 0.636. The van der Waals surface area contributed by atoms with Gasteiger partial charge in [-0.25, -0.2) is 0 Å². The van der Waals surface area contributed by atoms with Crippen molar-refractivity contribution in [1.29, 1.82) is 0 Å². The summed E-state index contributed by atoms with van der Waals surface area (Å²) in [4.78, 5) is 27.9. The summed E-state index contributed by atoms with van der Waals surface area (Å²) in [5, 5.41) is 3.03. The summed E-state index contributed by atoms with van der Waals surface area (Å²) in [5.74, 6) is 1.33. The van der Waals surface area contributed by atoms with Crippen LogP contribution in [0.5, 0.6) is 11.5 Å². The lowest BCUT2D eigenvalue weighted by atomic mass is 9.87. The lowest BCUT2D eigenvalue weighted by Crippen LogP contribution is -2.39. The fourth-order valence-electron chi connectivity index (χ4n) is 4.52. The maximum atomic E-state index is 13.0. The van der Waals surface area contributed by atoms with Crippen LogP contribution in [0.4, 0.5) is 0 Å². The van der Waals surface area contributed by atoms with E-state index in [1.807, 2.05) is 36.9 Å². The third kappa shape index (κ3) is 4.26. The average Bonchev–Trinajstić information content (AvgIpc) is 3.36. The number of carbonyl (C=O) groups is 2. The van der Waals surface area contributed by atoms with E-state index in [1.54, 1.807) is 14.2 Å². The van der Waals surface area contributed by atoms with Crippen molar-refractivity contribution in [2.24, 2.45) is 11.8 Å².